The summed E-state index contributed by atoms with van der Waals surface area (Å²) >= 11 is 5.65. The summed E-state index contributed by atoms with van der Waals surface area (Å²) < 4.78 is 0. The molecular formula is C8H10Cl2N4O. The van der Waals surface area contributed by atoms with Gasteiger partial charge < -0.3 is 12.4 Å². The Balaban J connectivity index is 0.00000196. The van der Waals surface area contributed by atoms with Crippen LogP contribution in [0.3, 0.4) is 0 Å². The summed E-state index contributed by atoms with van der Waals surface area (Å²) in [6, 6.07) is 6.41. The summed E-state index contributed by atoms with van der Waals surface area (Å²) in [7, 11) is 0. The van der Waals surface area contributed by atoms with E-state index in [1.807, 2.05) is 0 Å². The van der Waals surface area contributed by atoms with Gasteiger partial charge in [-0.15, -0.1) is 0 Å². The monoisotopic (exact) mass is 248 g/mol. The van der Waals surface area contributed by atoms with Gasteiger partial charge in [0.05, 0.1) is 0 Å². The Hall–Kier alpha value is -1.46. The molecule has 0 aromatic heterocycles. The van der Waals surface area contributed by atoms with E-state index in [-0.39, 0.29) is 24.3 Å². The molecule has 0 saturated heterocycles. The summed E-state index contributed by atoms with van der Waals surface area (Å²) in [6.45, 7) is 0. The van der Waals surface area contributed by atoms with Crippen molar-refractivity contribution in [1.29, 1.82) is 0 Å². The molecule has 1 rings (SSSR count). The van der Waals surface area contributed by atoms with E-state index in [1.165, 1.54) is 0 Å². The van der Waals surface area contributed by atoms with Crippen LogP contribution in [0.4, 0.5) is 0 Å². The van der Waals surface area contributed by atoms with Crippen molar-refractivity contribution in [2.75, 3.05) is 0 Å². The first-order chi connectivity index (χ1) is 6.59. The van der Waals surface area contributed by atoms with Gasteiger partial charge in [-0.3, -0.25) is 16.3 Å². The summed E-state index contributed by atoms with van der Waals surface area (Å²) in [5.74, 6) is -0.414. The molecule has 0 heterocycles. The summed E-state index contributed by atoms with van der Waals surface area (Å²) in [6.07, 6.45) is 0. The molecule has 6 N–H and O–H groups in total. The van der Waals surface area contributed by atoms with Crippen LogP contribution in [-0.4, -0.2) is 11.9 Å². The number of nitrogens with one attached hydrogen (secondary N) is 2. The smallest absolute Gasteiger partial charge is 0.360 e. The van der Waals surface area contributed by atoms with Crippen LogP contribution in [0.15, 0.2) is 24.3 Å². The van der Waals surface area contributed by atoms with E-state index < -0.39 is 0 Å². The van der Waals surface area contributed by atoms with Gasteiger partial charge in [-0.05, 0) is 24.3 Å². The van der Waals surface area contributed by atoms with E-state index in [9.17, 15) is 4.79 Å². The van der Waals surface area contributed by atoms with Gasteiger partial charge in [0.15, 0.2) is 0 Å². The van der Waals surface area contributed by atoms with Crippen LogP contribution in [0.25, 0.3) is 0 Å². The van der Waals surface area contributed by atoms with Gasteiger partial charge in [0, 0.05) is 10.6 Å². The average Bonchev–Trinajstić information content (AvgIpc) is 2.15. The number of hydrazine groups is 1. The van der Waals surface area contributed by atoms with Gasteiger partial charge in [0.25, 0.3) is 5.91 Å². The van der Waals surface area contributed by atoms with Gasteiger partial charge in [-0.25, -0.2) is 5.43 Å². The van der Waals surface area contributed by atoms with Crippen molar-refractivity contribution in [2.24, 2.45) is 11.5 Å². The van der Waals surface area contributed by atoms with Crippen molar-refractivity contribution in [1.82, 2.24) is 5.43 Å². The Bertz CT molecular complexity index is 359. The average molecular weight is 249 g/mol. The fourth-order valence-electron chi connectivity index (χ4n) is 0.802. The molecule has 0 aliphatic rings. The Morgan fingerprint density at radius 3 is 2.27 bits per heavy atom. The van der Waals surface area contributed by atoms with Gasteiger partial charge in [-0.1, -0.05) is 11.6 Å². The third kappa shape index (κ3) is 4.53. The van der Waals surface area contributed by atoms with Crippen LogP contribution >= 0.6 is 11.6 Å². The lowest BCUT2D eigenvalue weighted by Crippen LogP contribution is -3.00. The summed E-state index contributed by atoms with van der Waals surface area (Å²) in [4.78, 5) is 11.3. The topological polar surface area (TPSA) is 95.1 Å². The molecule has 7 heteroatoms. The normalized spacial score (nSPS) is 8.60. The number of amides is 1. The summed E-state index contributed by atoms with van der Waals surface area (Å²) in [5, 5.41) is 2.87. The van der Waals surface area contributed by atoms with Crippen molar-refractivity contribution in [3.05, 3.63) is 34.9 Å². The molecule has 5 nitrogen and oxygen atoms in total. The van der Waals surface area contributed by atoms with Gasteiger partial charge in [0.2, 0.25) is 0 Å². The molecule has 0 atom stereocenters. The Labute approximate surface area is 97.9 Å². The number of halogens is 2. The molecule has 1 aromatic carbocycles. The molecule has 0 radical (unpaired) electrons. The van der Waals surface area contributed by atoms with Crippen LogP contribution in [-0.2, 0) is 0 Å². The van der Waals surface area contributed by atoms with E-state index in [0.29, 0.717) is 10.6 Å². The molecule has 0 bridgehead atoms. The van der Waals surface area contributed by atoms with Crippen LogP contribution in [0.5, 0.6) is 0 Å². The van der Waals surface area contributed by atoms with Gasteiger partial charge in [0.1, 0.15) is 0 Å². The molecule has 0 unspecified atom stereocenters. The van der Waals surface area contributed by atoms with Crippen molar-refractivity contribution >= 4 is 23.5 Å². The van der Waals surface area contributed by atoms with E-state index in [2.05, 4.69) is 10.5 Å². The largest absolute Gasteiger partial charge is 1.00 e. The predicted octanol–water partition coefficient (Wildman–Crippen LogP) is -4.66. The summed E-state index contributed by atoms with van der Waals surface area (Å²) in [5.41, 5.74) is 12.9. The van der Waals surface area contributed by atoms with Crippen LogP contribution in [0.1, 0.15) is 10.4 Å². The zero-order valence-electron chi connectivity index (χ0n) is 7.63. The minimum Gasteiger partial charge on any atom is -1.00 e. The molecule has 0 saturated carbocycles. The fraction of sp³-hybridized carbons (Fsp3) is 0. The first kappa shape index (κ1) is 13.5. The highest BCUT2D eigenvalue weighted by Gasteiger charge is 2.03. The third-order valence-electron chi connectivity index (χ3n) is 1.43. The van der Waals surface area contributed by atoms with Crippen LogP contribution < -0.4 is 34.4 Å². The number of carbonyl (C=O) groups excluding carboxylic acids is 1. The maximum Gasteiger partial charge on any atom is 0.360 e. The second-order valence-electron chi connectivity index (χ2n) is 2.54. The lowest BCUT2D eigenvalue weighted by molar-refractivity contribution is -0.510. The molecule has 0 fully saturated rings. The second-order valence-corrected chi connectivity index (χ2v) is 2.98. The zero-order chi connectivity index (χ0) is 10.6. The number of hydrogen-bond donors (Lipinski definition) is 4. The van der Waals surface area contributed by atoms with Crippen molar-refractivity contribution < 1.29 is 22.3 Å². The number of nitrogens with two attached hydrogens (primary N) is 2. The van der Waals surface area contributed by atoms with E-state index in [1.54, 1.807) is 24.3 Å². The van der Waals surface area contributed by atoms with Crippen molar-refractivity contribution in [3.8, 4) is 0 Å². The van der Waals surface area contributed by atoms with E-state index in [0.717, 1.165) is 0 Å². The maximum absolute atomic E-state index is 11.3. The lowest BCUT2D eigenvalue weighted by Gasteiger charge is -1.98. The van der Waals surface area contributed by atoms with Gasteiger partial charge >= 0.3 is 5.96 Å². The molecule has 0 aliphatic carbocycles. The van der Waals surface area contributed by atoms with E-state index >= 15 is 0 Å². The SMILES string of the molecule is NC(N)=[NH+]NC(=O)c1ccc(Cl)cc1.[Cl-]. The minimum absolute atomic E-state index is 0. The zero-order valence-corrected chi connectivity index (χ0v) is 9.14. The Morgan fingerprint density at radius 2 is 1.80 bits per heavy atom. The minimum atomic E-state index is -0.338. The second kappa shape index (κ2) is 6.10. The highest BCUT2D eigenvalue weighted by Crippen LogP contribution is 2.08. The Morgan fingerprint density at radius 1 is 1.27 bits per heavy atom. The third-order valence-corrected chi connectivity index (χ3v) is 1.68. The van der Waals surface area contributed by atoms with Crippen LogP contribution in [0.2, 0.25) is 5.02 Å². The Kier molecular flexibility index (Phi) is 5.51. The van der Waals surface area contributed by atoms with Crippen molar-refractivity contribution in [3.63, 3.8) is 0 Å². The molecule has 1 amide bonds. The number of rotatable bonds is 2. The van der Waals surface area contributed by atoms with Crippen molar-refractivity contribution in [2.45, 2.75) is 0 Å². The number of carbonyl (C=O) groups is 1. The van der Waals surface area contributed by atoms with E-state index in [4.69, 9.17) is 23.1 Å². The predicted molar refractivity (Wildman–Crippen MR) is 53.3 cm³/mol. The molecule has 0 spiro atoms. The number of guanidine groups is 1. The molecule has 82 valence electrons. The first-order valence-electron chi connectivity index (χ1n) is 3.79. The standard InChI is InChI=1S/C8H9ClN4O.ClH/c9-6-3-1-5(2-4-6)7(14)12-13-8(10)11;/h1-4H,(H,12,14)(H4,10,11,13);1H. The molecular weight excluding hydrogens is 239 g/mol. The lowest BCUT2D eigenvalue weighted by atomic mass is 10.2. The molecule has 1 aromatic rings. The maximum atomic E-state index is 11.3. The quantitative estimate of drug-likeness (QED) is 0.241. The fourth-order valence-corrected chi connectivity index (χ4v) is 0.928. The highest BCUT2D eigenvalue weighted by atomic mass is 35.5. The van der Waals surface area contributed by atoms with Crippen LogP contribution in [0, 0.1) is 0 Å². The highest BCUT2D eigenvalue weighted by molar-refractivity contribution is 6.30. The number of hydrogen-bond acceptors (Lipinski definition) is 1. The number of hydrazone groups is 1. The first-order valence-corrected chi connectivity index (χ1v) is 4.17. The van der Waals surface area contributed by atoms with Gasteiger partial charge in [-0.2, -0.15) is 5.10 Å². The molecule has 0 aliphatic heterocycles. The molecule has 15 heavy (non-hydrogen) atoms. The number of benzene rings is 1.